The summed E-state index contributed by atoms with van der Waals surface area (Å²) in [6, 6.07) is 11.1. The van der Waals surface area contributed by atoms with Crippen molar-refractivity contribution in [2.45, 2.75) is 51.4 Å². The normalized spacial score (nSPS) is 12.6. The topological polar surface area (TPSA) is 243 Å². The molecule has 4 rings (SSSR count). The maximum absolute atomic E-state index is 10.8. The molecule has 4 aromatic rings. The zero-order valence-corrected chi connectivity index (χ0v) is 26.2. The third-order valence-electron chi connectivity index (χ3n) is 8.74. The van der Waals surface area contributed by atoms with Crippen LogP contribution >= 0.6 is 0 Å². The molecule has 0 fully saturated rings. The highest BCUT2D eigenvalue weighted by atomic mass is 16.3. The standard InChI is InChI=1S/C36H42O12/c37-7-1-2-23(8-21-14-27(39)25(28(40)15-21)5-3-19-10-31(43)35(47)32(44)11-19)24(18-38)9-22-16-29(41)26(30(42)17-22)6-4-20-12-33(45)36(48)34(46)13-20/h10-17,23-24,37-48H,1-9,18H2/t23-,24+/m1/s1. The van der Waals surface area contributed by atoms with Gasteiger partial charge in [0.05, 0.1) is 0 Å². The van der Waals surface area contributed by atoms with Gasteiger partial charge in [-0.1, -0.05) is 0 Å². The Morgan fingerprint density at radius 2 is 0.729 bits per heavy atom. The number of phenols is 10. The van der Waals surface area contributed by atoms with Crippen LogP contribution in [-0.4, -0.2) is 74.5 Å². The predicted molar refractivity (Wildman–Crippen MR) is 175 cm³/mol. The van der Waals surface area contributed by atoms with E-state index in [1.165, 1.54) is 48.5 Å². The molecule has 0 saturated heterocycles. The minimum atomic E-state index is -0.637. The number of aliphatic hydroxyl groups excluding tert-OH is 2. The molecular weight excluding hydrogens is 624 g/mol. The molecule has 258 valence electrons. The Kier molecular flexibility index (Phi) is 11.6. The maximum atomic E-state index is 10.8. The first-order chi connectivity index (χ1) is 22.8. The monoisotopic (exact) mass is 666 g/mol. The van der Waals surface area contributed by atoms with Crippen molar-refractivity contribution in [1.82, 2.24) is 0 Å². The number of aryl methyl sites for hydroxylation is 2. The smallest absolute Gasteiger partial charge is 0.200 e. The highest BCUT2D eigenvalue weighted by Gasteiger charge is 2.24. The van der Waals surface area contributed by atoms with E-state index < -0.39 is 34.5 Å². The summed E-state index contributed by atoms with van der Waals surface area (Å²) in [6.45, 7) is -0.338. The van der Waals surface area contributed by atoms with E-state index in [9.17, 15) is 61.3 Å². The minimum Gasteiger partial charge on any atom is -0.508 e. The molecule has 0 spiro atoms. The fraction of sp³-hybridized carbons (Fsp3) is 0.333. The summed E-state index contributed by atoms with van der Waals surface area (Å²) >= 11 is 0. The third-order valence-corrected chi connectivity index (χ3v) is 8.74. The van der Waals surface area contributed by atoms with E-state index in [2.05, 4.69) is 0 Å². The molecule has 0 aromatic heterocycles. The van der Waals surface area contributed by atoms with Crippen molar-refractivity contribution in [3.63, 3.8) is 0 Å². The van der Waals surface area contributed by atoms with E-state index in [4.69, 9.17) is 0 Å². The second-order valence-corrected chi connectivity index (χ2v) is 12.2. The number of benzene rings is 4. The van der Waals surface area contributed by atoms with Crippen LogP contribution in [0.4, 0.5) is 0 Å². The summed E-state index contributed by atoms with van der Waals surface area (Å²) in [5, 5.41) is 121. The van der Waals surface area contributed by atoms with Gasteiger partial charge in [-0.3, -0.25) is 0 Å². The van der Waals surface area contributed by atoms with Gasteiger partial charge in [-0.05, 0) is 134 Å². The molecule has 0 unspecified atom stereocenters. The first kappa shape index (κ1) is 35.7. The number of hydrogen-bond donors (Lipinski definition) is 12. The quantitative estimate of drug-likeness (QED) is 0.0803. The highest BCUT2D eigenvalue weighted by molar-refractivity contribution is 5.53. The van der Waals surface area contributed by atoms with Crippen molar-refractivity contribution >= 4 is 0 Å². The highest BCUT2D eigenvalue weighted by Crippen LogP contribution is 2.39. The summed E-state index contributed by atoms with van der Waals surface area (Å²) in [6.07, 6.45) is 2.31. The maximum Gasteiger partial charge on any atom is 0.200 e. The van der Waals surface area contributed by atoms with Crippen molar-refractivity contribution in [2.24, 2.45) is 11.8 Å². The van der Waals surface area contributed by atoms with Gasteiger partial charge in [0, 0.05) is 24.3 Å². The Morgan fingerprint density at radius 3 is 1.06 bits per heavy atom. The van der Waals surface area contributed by atoms with Gasteiger partial charge in [0.25, 0.3) is 0 Å². The van der Waals surface area contributed by atoms with Gasteiger partial charge in [0.2, 0.25) is 0 Å². The lowest BCUT2D eigenvalue weighted by Gasteiger charge is -2.27. The predicted octanol–water partition coefficient (Wildman–Crippen LogP) is 4.10. The van der Waals surface area contributed by atoms with Gasteiger partial charge < -0.3 is 61.3 Å². The van der Waals surface area contributed by atoms with Gasteiger partial charge in [0.1, 0.15) is 23.0 Å². The molecule has 0 heterocycles. The summed E-state index contributed by atoms with van der Waals surface area (Å²) in [5.41, 5.74) is 2.58. The van der Waals surface area contributed by atoms with Gasteiger partial charge >= 0.3 is 0 Å². The molecule has 0 bridgehead atoms. The third kappa shape index (κ3) is 8.58. The number of phenolic OH excluding ortho intramolecular Hbond substituents is 10. The number of aliphatic hydroxyl groups is 2. The molecule has 4 aromatic carbocycles. The molecule has 12 N–H and O–H groups in total. The molecular formula is C36H42O12. The summed E-state index contributed by atoms with van der Waals surface area (Å²) in [5.74, 6) is -4.53. The Bertz CT molecular complexity index is 1640. The second-order valence-electron chi connectivity index (χ2n) is 12.2. The van der Waals surface area contributed by atoms with Gasteiger partial charge in [-0.25, -0.2) is 0 Å². The van der Waals surface area contributed by atoms with Crippen LogP contribution in [0.15, 0.2) is 48.5 Å². The van der Waals surface area contributed by atoms with Gasteiger partial charge in [0.15, 0.2) is 34.5 Å². The largest absolute Gasteiger partial charge is 0.508 e. The van der Waals surface area contributed by atoms with E-state index in [-0.39, 0.29) is 91.3 Å². The van der Waals surface area contributed by atoms with E-state index in [0.717, 1.165) is 0 Å². The van der Waals surface area contributed by atoms with E-state index in [1.54, 1.807) is 0 Å². The van der Waals surface area contributed by atoms with Crippen LogP contribution < -0.4 is 0 Å². The van der Waals surface area contributed by atoms with Crippen LogP contribution in [0.5, 0.6) is 57.5 Å². The fourth-order valence-corrected chi connectivity index (χ4v) is 6.14. The fourth-order valence-electron chi connectivity index (χ4n) is 6.14. The molecule has 2 atom stereocenters. The molecule has 12 heteroatoms. The average Bonchev–Trinajstić information content (AvgIpc) is 3.02. The summed E-state index contributed by atoms with van der Waals surface area (Å²) in [7, 11) is 0. The number of hydrogen-bond acceptors (Lipinski definition) is 12. The SMILES string of the molecule is OCCC[C@H](Cc1cc(O)c(CCc2cc(O)c(O)c(O)c2)c(O)c1)[C@H](CO)Cc1cc(O)c(CCc2cc(O)c(O)c(O)c2)c(O)c1. The van der Waals surface area contributed by atoms with Crippen molar-refractivity contribution < 1.29 is 61.3 Å². The lowest BCUT2D eigenvalue weighted by molar-refractivity contribution is 0.158. The lowest BCUT2D eigenvalue weighted by atomic mass is 9.80. The van der Waals surface area contributed by atoms with Gasteiger partial charge in [-0.15, -0.1) is 0 Å². The van der Waals surface area contributed by atoms with Crippen LogP contribution in [0.25, 0.3) is 0 Å². The van der Waals surface area contributed by atoms with Crippen LogP contribution in [0.3, 0.4) is 0 Å². The van der Waals surface area contributed by atoms with Crippen molar-refractivity contribution in [3.05, 3.63) is 81.9 Å². The first-order valence-electron chi connectivity index (χ1n) is 15.6. The molecule has 0 aliphatic heterocycles. The zero-order valence-electron chi connectivity index (χ0n) is 26.2. The molecule has 48 heavy (non-hydrogen) atoms. The zero-order chi connectivity index (χ0) is 35.1. The van der Waals surface area contributed by atoms with Gasteiger partial charge in [-0.2, -0.15) is 0 Å². The van der Waals surface area contributed by atoms with Crippen molar-refractivity contribution in [2.75, 3.05) is 13.2 Å². The van der Waals surface area contributed by atoms with Crippen LogP contribution in [0.1, 0.15) is 46.2 Å². The molecule has 0 amide bonds. The average molecular weight is 667 g/mol. The Hall–Kier alpha value is -5.20. The van der Waals surface area contributed by atoms with Crippen molar-refractivity contribution in [1.29, 1.82) is 0 Å². The Labute approximate surface area is 277 Å². The van der Waals surface area contributed by atoms with E-state index in [0.29, 0.717) is 41.5 Å². The molecule has 0 aliphatic rings. The Morgan fingerprint density at radius 1 is 0.396 bits per heavy atom. The van der Waals surface area contributed by atoms with Crippen LogP contribution in [0.2, 0.25) is 0 Å². The molecule has 0 saturated carbocycles. The molecule has 12 nitrogen and oxygen atoms in total. The molecule has 0 radical (unpaired) electrons. The van der Waals surface area contributed by atoms with Crippen LogP contribution in [-0.2, 0) is 38.5 Å². The first-order valence-corrected chi connectivity index (χ1v) is 15.6. The Balaban J connectivity index is 1.47. The summed E-state index contributed by atoms with van der Waals surface area (Å²) < 4.78 is 0. The van der Waals surface area contributed by atoms with E-state index >= 15 is 0 Å². The minimum absolute atomic E-state index is 0.0840. The van der Waals surface area contributed by atoms with E-state index in [1.807, 2.05) is 0 Å². The molecule has 0 aliphatic carbocycles. The number of aromatic hydroxyl groups is 10. The van der Waals surface area contributed by atoms with Crippen LogP contribution in [0, 0.1) is 11.8 Å². The second kappa shape index (κ2) is 15.6. The number of rotatable bonds is 15. The lowest BCUT2D eigenvalue weighted by Crippen LogP contribution is -2.24. The summed E-state index contributed by atoms with van der Waals surface area (Å²) in [4.78, 5) is 0. The van der Waals surface area contributed by atoms with Crippen molar-refractivity contribution in [3.8, 4) is 57.5 Å².